The number of pyridine rings is 1. The molecule has 0 aliphatic heterocycles. The average Bonchev–Trinajstić information content (AvgIpc) is 3.04. The Balaban J connectivity index is 1.92. The Bertz CT molecular complexity index is 1410. The van der Waals surface area contributed by atoms with Gasteiger partial charge in [0, 0.05) is 29.3 Å². The van der Waals surface area contributed by atoms with E-state index in [1.165, 1.54) is 22.9 Å². The van der Waals surface area contributed by atoms with Gasteiger partial charge in [-0.2, -0.15) is 13.2 Å². The number of hydrogen-bond acceptors (Lipinski definition) is 3. The summed E-state index contributed by atoms with van der Waals surface area (Å²) in [5.41, 5.74) is -2.80. The molecular weight excluding hydrogens is 520 g/mol. The summed E-state index contributed by atoms with van der Waals surface area (Å²) in [4.78, 5) is 4.19. The van der Waals surface area contributed by atoms with Crippen molar-refractivity contribution in [2.75, 3.05) is 0 Å². The maximum absolute atomic E-state index is 15.3. The first-order chi connectivity index (χ1) is 17.1. The van der Waals surface area contributed by atoms with Gasteiger partial charge in [-0.15, -0.1) is 0 Å². The summed E-state index contributed by atoms with van der Waals surface area (Å²) >= 11 is 0. The van der Waals surface area contributed by atoms with Crippen molar-refractivity contribution in [3.8, 4) is 11.3 Å². The van der Waals surface area contributed by atoms with Gasteiger partial charge in [-0.3, -0.25) is 0 Å². The molecule has 1 aliphatic rings. The van der Waals surface area contributed by atoms with Crippen LogP contribution in [0.3, 0.4) is 0 Å². The molecule has 0 bridgehead atoms. The van der Waals surface area contributed by atoms with Crippen LogP contribution in [-0.2, 0) is 22.7 Å². The Morgan fingerprint density at radius 1 is 1.14 bits per heavy atom. The zero-order chi connectivity index (χ0) is 27.3. The molecule has 5 nitrogen and oxygen atoms in total. The van der Waals surface area contributed by atoms with Crippen LogP contribution in [-0.4, -0.2) is 29.6 Å². The minimum absolute atomic E-state index is 0.0215. The van der Waals surface area contributed by atoms with Gasteiger partial charge < -0.3 is 4.57 Å². The molecule has 0 saturated heterocycles. The Hall–Kier alpha value is -2.60. The quantitative estimate of drug-likeness (QED) is 0.336. The summed E-state index contributed by atoms with van der Waals surface area (Å²) in [5, 5.41) is -0.881. The van der Waals surface area contributed by atoms with E-state index in [2.05, 4.69) is 9.71 Å². The summed E-state index contributed by atoms with van der Waals surface area (Å²) in [5.74, 6) is -1.14. The van der Waals surface area contributed by atoms with Crippen molar-refractivity contribution >= 4 is 21.1 Å². The number of alkyl halides is 5. The fourth-order valence-electron chi connectivity index (χ4n) is 4.42. The van der Waals surface area contributed by atoms with Gasteiger partial charge >= 0.3 is 6.18 Å². The van der Waals surface area contributed by atoms with E-state index in [-0.39, 0.29) is 23.1 Å². The van der Waals surface area contributed by atoms with Gasteiger partial charge in [0.15, 0.2) is 0 Å². The van der Waals surface area contributed by atoms with Gasteiger partial charge in [0.05, 0.1) is 10.8 Å². The van der Waals surface area contributed by atoms with E-state index in [9.17, 15) is 30.4 Å². The average molecular weight is 548 g/mol. The number of nitrogens with one attached hydrogen (secondary N) is 1. The third-order valence-corrected chi connectivity index (χ3v) is 8.27. The summed E-state index contributed by atoms with van der Waals surface area (Å²) in [7, 11) is -4.07. The number of nitrogens with zero attached hydrogens (tertiary/aromatic N) is 2. The van der Waals surface area contributed by atoms with E-state index in [0.717, 1.165) is 18.2 Å². The second-order valence-electron chi connectivity index (χ2n) is 10.5. The van der Waals surface area contributed by atoms with E-state index in [4.69, 9.17) is 0 Å². The van der Waals surface area contributed by atoms with E-state index in [1.807, 2.05) is 20.8 Å². The molecule has 37 heavy (non-hydrogen) atoms. The summed E-state index contributed by atoms with van der Waals surface area (Å²) < 4.78 is 114. The van der Waals surface area contributed by atoms with Gasteiger partial charge in [-0.1, -0.05) is 45.4 Å². The number of rotatable bonds is 7. The molecule has 2 heterocycles. The lowest BCUT2D eigenvalue weighted by atomic mass is 9.97. The number of benzene rings is 1. The fourth-order valence-corrected chi connectivity index (χ4v) is 6.15. The van der Waals surface area contributed by atoms with Crippen molar-refractivity contribution in [3.63, 3.8) is 0 Å². The predicted octanol–water partition coefficient (Wildman–Crippen LogP) is 6.69. The van der Waals surface area contributed by atoms with Crippen LogP contribution in [0.4, 0.5) is 26.3 Å². The monoisotopic (exact) mass is 547 g/mol. The first-order valence-corrected chi connectivity index (χ1v) is 13.3. The normalized spacial score (nSPS) is 16.4. The number of aromatic nitrogens is 2. The third-order valence-electron chi connectivity index (χ3n) is 6.34. The van der Waals surface area contributed by atoms with Crippen LogP contribution in [0.2, 0.25) is 0 Å². The van der Waals surface area contributed by atoms with Crippen LogP contribution < -0.4 is 4.72 Å². The molecule has 3 aromatic rings. The second kappa shape index (κ2) is 9.61. The largest absolute Gasteiger partial charge is 0.417 e. The topological polar surface area (TPSA) is 64.0 Å². The fraction of sp³-hybridized carbons (Fsp3) is 0.480. The molecule has 1 aliphatic carbocycles. The van der Waals surface area contributed by atoms with Crippen molar-refractivity contribution in [1.29, 1.82) is 0 Å². The third kappa shape index (κ3) is 5.64. The van der Waals surface area contributed by atoms with Gasteiger partial charge in [-0.25, -0.2) is 31.3 Å². The summed E-state index contributed by atoms with van der Waals surface area (Å²) in [6.07, 6.45) is -5.28. The first-order valence-electron chi connectivity index (χ1n) is 11.7. The zero-order valence-corrected chi connectivity index (χ0v) is 21.2. The highest BCUT2D eigenvalue weighted by Crippen LogP contribution is 2.40. The molecule has 1 fully saturated rings. The Morgan fingerprint density at radius 3 is 2.32 bits per heavy atom. The van der Waals surface area contributed by atoms with Crippen LogP contribution in [0, 0.1) is 11.2 Å². The Morgan fingerprint density at radius 2 is 1.78 bits per heavy atom. The SMILES string of the molecule is CC(C)(C)Cn1cc(C(NS(=O)(=O)C2CCC2)C(F)F)c2cc(F)c(-c3ccccc3C(F)(F)F)nc21. The molecule has 0 radical (unpaired) electrons. The lowest BCUT2D eigenvalue weighted by Crippen LogP contribution is -2.42. The molecule has 1 N–H and O–H groups in total. The minimum atomic E-state index is -4.78. The number of sulfonamides is 1. The molecular formula is C25H27F6N3O2S. The van der Waals surface area contributed by atoms with Gasteiger partial charge in [0.1, 0.15) is 23.2 Å². The van der Waals surface area contributed by atoms with Crippen LogP contribution in [0.5, 0.6) is 0 Å². The molecule has 1 saturated carbocycles. The van der Waals surface area contributed by atoms with Gasteiger partial charge in [-0.05, 0) is 30.4 Å². The first kappa shape index (κ1) is 27.4. The van der Waals surface area contributed by atoms with Crippen LogP contribution in [0.15, 0.2) is 36.5 Å². The number of hydrogen-bond donors (Lipinski definition) is 1. The minimum Gasteiger partial charge on any atom is -0.332 e. The zero-order valence-electron chi connectivity index (χ0n) is 20.4. The van der Waals surface area contributed by atoms with E-state index in [0.29, 0.717) is 19.3 Å². The standard InChI is InChI=1S/C25H27F6N3O2S/c1-24(2,3)13-34-12-17(21(22(27)28)33-37(35,36)14-7-6-8-14)16-11-19(26)20(32-23(16)34)15-9-4-5-10-18(15)25(29,30)31/h4-5,9-12,14,21-22,33H,6-8,13H2,1-3H3. The van der Waals surface area contributed by atoms with E-state index >= 15 is 4.39 Å². The molecule has 202 valence electrons. The van der Waals surface area contributed by atoms with Crippen molar-refractivity contribution in [1.82, 2.24) is 14.3 Å². The summed E-state index contributed by atoms with van der Waals surface area (Å²) in [6.45, 7) is 5.76. The van der Waals surface area contributed by atoms with Crippen LogP contribution >= 0.6 is 0 Å². The molecule has 12 heteroatoms. The van der Waals surface area contributed by atoms with Crippen molar-refractivity contribution in [3.05, 3.63) is 53.5 Å². The molecule has 2 aromatic heterocycles. The molecule has 4 rings (SSSR count). The van der Waals surface area contributed by atoms with Crippen LogP contribution in [0.25, 0.3) is 22.3 Å². The number of fused-ring (bicyclic) bond motifs is 1. The lowest BCUT2D eigenvalue weighted by Gasteiger charge is -2.28. The molecule has 0 amide bonds. The lowest BCUT2D eigenvalue weighted by molar-refractivity contribution is -0.137. The second-order valence-corrected chi connectivity index (χ2v) is 12.5. The Labute approximate surface area is 210 Å². The van der Waals surface area contributed by atoms with Crippen molar-refractivity contribution in [2.24, 2.45) is 5.41 Å². The smallest absolute Gasteiger partial charge is 0.332 e. The van der Waals surface area contributed by atoms with Crippen molar-refractivity contribution in [2.45, 2.75) is 70.5 Å². The Kier molecular flexibility index (Phi) is 7.13. The predicted molar refractivity (Wildman–Crippen MR) is 128 cm³/mol. The number of halogens is 6. The molecule has 1 unspecified atom stereocenters. The molecule has 0 spiro atoms. The maximum atomic E-state index is 15.3. The van der Waals surface area contributed by atoms with E-state index < -0.39 is 62.0 Å². The highest BCUT2D eigenvalue weighted by Gasteiger charge is 2.38. The van der Waals surface area contributed by atoms with Gasteiger partial charge in [0.25, 0.3) is 6.43 Å². The highest BCUT2D eigenvalue weighted by molar-refractivity contribution is 7.90. The summed E-state index contributed by atoms with van der Waals surface area (Å²) in [6, 6.07) is 3.26. The molecule has 1 aromatic carbocycles. The maximum Gasteiger partial charge on any atom is 0.417 e. The molecule has 1 atom stereocenters. The van der Waals surface area contributed by atoms with E-state index in [1.54, 1.807) is 0 Å². The van der Waals surface area contributed by atoms with Gasteiger partial charge in [0.2, 0.25) is 10.0 Å². The van der Waals surface area contributed by atoms with Crippen LogP contribution in [0.1, 0.15) is 57.2 Å². The van der Waals surface area contributed by atoms with Crippen molar-refractivity contribution < 1.29 is 34.8 Å². The highest BCUT2D eigenvalue weighted by atomic mass is 32.2.